The minimum absolute atomic E-state index is 0.0259. The van der Waals surface area contributed by atoms with Crippen molar-refractivity contribution in [1.29, 1.82) is 0 Å². The first kappa shape index (κ1) is 25.8. The molecule has 1 aliphatic heterocycles. The summed E-state index contributed by atoms with van der Waals surface area (Å²) in [6.45, 7) is 1.30. The average Bonchev–Trinajstić information content (AvgIpc) is 3.52. The van der Waals surface area contributed by atoms with E-state index in [0.29, 0.717) is 37.6 Å². The number of nitrogens with one attached hydrogen (secondary N) is 1. The summed E-state index contributed by atoms with van der Waals surface area (Å²) in [7, 11) is 0. The Balaban J connectivity index is 1.54. The van der Waals surface area contributed by atoms with E-state index in [9.17, 15) is 18.4 Å². The molecule has 1 saturated heterocycles. The van der Waals surface area contributed by atoms with Gasteiger partial charge in [-0.2, -0.15) is 8.78 Å². The predicted octanol–water partition coefficient (Wildman–Crippen LogP) is 3.42. The van der Waals surface area contributed by atoms with Gasteiger partial charge in [0.15, 0.2) is 23.0 Å². The van der Waals surface area contributed by atoms with Gasteiger partial charge in [-0.05, 0) is 56.7 Å². The molecule has 4 rings (SSSR count). The zero-order chi connectivity index (χ0) is 25.8. The number of benzene rings is 1. The molecule has 10 nitrogen and oxygen atoms in total. The van der Waals surface area contributed by atoms with Crippen LogP contribution in [0.5, 0.6) is 11.5 Å². The Morgan fingerprint density at radius 2 is 2.06 bits per heavy atom. The van der Waals surface area contributed by atoms with Crippen LogP contribution in [0.25, 0.3) is 11.5 Å². The summed E-state index contributed by atoms with van der Waals surface area (Å²) in [6.07, 6.45) is 3.49. The second kappa shape index (κ2) is 11.2. The largest absolute Gasteiger partial charge is 0.489 e. The lowest BCUT2D eigenvalue weighted by Crippen LogP contribution is -2.48. The quantitative estimate of drug-likeness (QED) is 0.496. The molecule has 3 N–H and O–H groups in total. The van der Waals surface area contributed by atoms with Gasteiger partial charge in [-0.25, -0.2) is 4.98 Å². The summed E-state index contributed by atoms with van der Waals surface area (Å²) in [4.78, 5) is 33.9. The van der Waals surface area contributed by atoms with Crippen LogP contribution in [0.15, 0.2) is 22.6 Å². The van der Waals surface area contributed by atoms with Gasteiger partial charge in [0.25, 0.3) is 5.91 Å². The number of nitrogens with zero attached hydrogens (tertiary/aromatic N) is 2. The highest BCUT2D eigenvalue weighted by molar-refractivity contribution is 5.94. The normalized spacial score (nSPS) is 19.1. The average molecular weight is 509 g/mol. The van der Waals surface area contributed by atoms with Gasteiger partial charge < -0.3 is 29.8 Å². The molecule has 0 bridgehead atoms. The van der Waals surface area contributed by atoms with Gasteiger partial charge in [0.2, 0.25) is 5.89 Å². The Morgan fingerprint density at radius 3 is 2.72 bits per heavy atom. The molecular formula is C24H30F2N4O6. The fourth-order valence-electron chi connectivity index (χ4n) is 3.94. The maximum atomic E-state index is 13.1. The summed E-state index contributed by atoms with van der Waals surface area (Å²) in [6, 6.07) is 3.45. The third-order valence-electron chi connectivity index (χ3n) is 5.84. The highest BCUT2D eigenvalue weighted by atomic mass is 19.3. The standard InChI is InChI=1S/C24H30F2N4O6/c1-13(27)21-20(22(32)28-17-4-3-9-30(11-17)36-14(2)31)29-23(35-21)16-7-8-18(34-24(25)26)19(10-16)33-12-15-5-6-15/h7-8,10,13,15,17,24H,3-6,9,11-12,27H2,1-2H3,(H,28,32)/t13-,17?/m0/s1. The van der Waals surface area contributed by atoms with Gasteiger partial charge in [-0.1, -0.05) is 0 Å². The Kier molecular flexibility index (Phi) is 8.04. The van der Waals surface area contributed by atoms with Crippen molar-refractivity contribution in [2.24, 2.45) is 11.7 Å². The molecule has 2 atom stereocenters. The number of carbonyl (C=O) groups excluding carboxylic acids is 2. The van der Waals surface area contributed by atoms with E-state index < -0.39 is 24.5 Å². The van der Waals surface area contributed by atoms with Gasteiger partial charge in [-0.3, -0.25) is 9.59 Å². The van der Waals surface area contributed by atoms with Crippen molar-refractivity contribution in [3.8, 4) is 23.0 Å². The monoisotopic (exact) mass is 508 g/mol. The number of hydrogen-bond acceptors (Lipinski definition) is 9. The van der Waals surface area contributed by atoms with Crippen LogP contribution in [0.4, 0.5) is 8.78 Å². The summed E-state index contributed by atoms with van der Waals surface area (Å²) >= 11 is 0. The molecule has 2 heterocycles. The molecule has 196 valence electrons. The van der Waals surface area contributed by atoms with Crippen molar-refractivity contribution in [2.45, 2.75) is 58.2 Å². The number of ether oxygens (including phenoxy) is 2. The van der Waals surface area contributed by atoms with Gasteiger partial charge >= 0.3 is 12.6 Å². The number of hydrogen-bond donors (Lipinski definition) is 2. The maximum absolute atomic E-state index is 13.1. The van der Waals surface area contributed by atoms with Crippen LogP contribution < -0.4 is 20.5 Å². The van der Waals surface area contributed by atoms with Crippen molar-refractivity contribution in [3.63, 3.8) is 0 Å². The number of nitrogens with two attached hydrogens (primary N) is 1. The number of aromatic nitrogens is 1. The molecule has 1 aromatic heterocycles. The minimum atomic E-state index is -3.00. The predicted molar refractivity (Wildman–Crippen MR) is 123 cm³/mol. The minimum Gasteiger partial charge on any atom is -0.489 e. The smallest absolute Gasteiger partial charge is 0.387 e. The van der Waals surface area contributed by atoms with E-state index in [1.54, 1.807) is 6.92 Å². The number of piperidine rings is 1. The lowest BCUT2D eigenvalue weighted by Gasteiger charge is -2.31. The first-order valence-corrected chi connectivity index (χ1v) is 11.9. The molecule has 12 heteroatoms. The van der Waals surface area contributed by atoms with E-state index in [1.807, 2.05) is 0 Å². The first-order valence-electron chi connectivity index (χ1n) is 11.9. The van der Waals surface area contributed by atoms with E-state index in [0.717, 1.165) is 19.3 Å². The zero-order valence-electron chi connectivity index (χ0n) is 20.2. The molecule has 2 aromatic rings. The summed E-state index contributed by atoms with van der Waals surface area (Å²) in [5.41, 5.74) is 6.49. The van der Waals surface area contributed by atoms with Crippen molar-refractivity contribution in [1.82, 2.24) is 15.4 Å². The van der Waals surface area contributed by atoms with Crippen LogP contribution in [-0.4, -0.2) is 54.3 Å². The molecule has 0 spiro atoms. The van der Waals surface area contributed by atoms with Gasteiger partial charge in [-0.15, -0.1) is 5.06 Å². The molecule has 2 aliphatic rings. The summed E-state index contributed by atoms with van der Waals surface area (Å²) < 4.78 is 41.9. The number of oxazole rings is 1. The van der Waals surface area contributed by atoms with Crippen LogP contribution in [0.3, 0.4) is 0 Å². The Labute approximate surface area is 207 Å². The maximum Gasteiger partial charge on any atom is 0.387 e. The molecule has 36 heavy (non-hydrogen) atoms. The third kappa shape index (κ3) is 6.70. The SMILES string of the molecule is CC(=O)ON1CCCC(NC(=O)c2nc(-c3ccc(OC(F)F)c(OCC4CC4)c3)oc2[C@H](C)N)C1. The second-order valence-corrected chi connectivity index (χ2v) is 9.10. The molecule has 0 radical (unpaired) electrons. The molecule has 1 unspecified atom stereocenters. The topological polar surface area (TPSA) is 129 Å². The number of carbonyl (C=O) groups is 2. The Hall–Kier alpha value is -3.25. The highest BCUT2D eigenvalue weighted by Gasteiger charge is 2.29. The number of alkyl halides is 2. The molecule has 1 amide bonds. The van der Waals surface area contributed by atoms with Gasteiger partial charge in [0.1, 0.15) is 0 Å². The molecular weight excluding hydrogens is 478 g/mol. The van der Waals surface area contributed by atoms with Crippen LogP contribution in [0, 0.1) is 5.92 Å². The van der Waals surface area contributed by atoms with Crippen molar-refractivity contribution in [3.05, 3.63) is 29.7 Å². The van der Waals surface area contributed by atoms with Gasteiger partial charge in [0.05, 0.1) is 19.2 Å². The van der Waals surface area contributed by atoms with Gasteiger partial charge in [0, 0.05) is 25.1 Å². The number of rotatable bonds is 10. The molecule has 1 saturated carbocycles. The van der Waals surface area contributed by atoms with Crippen LogP contribution in [0.2, 0.25) is 0 Å². The molecule has 2 fully saturated rings. The fourth-order valence-corrected chi connectivity index (χ4v) is 3.94. The number of amides is 1. The van der Waals surface area contributed by atoms with Crippen molar-refractivity contribution < 1.29 is 37.1 Å². The van der Waals surface area contributed by atoms with E-state index in [1.165, 1.54) is 30.2 Å². The first-order chi connectivity index (χ1) is 17.2. The summed E-state index contributed by atoms with van der Waals surface area (Å²) in [5.74, 6) is -0.185. The molecule has 1 aromatic carbocycles. The van der Waals surface area contributed by atoms with Crippen LogP contribution in [-0.2, 0) is 9.63 Å². The van der Waals surface area contributed by atoms with E-state index in [-0.39, 0.29) is 34.9 Å². The van der Waals surface area contributed by atoms with E-state index >= 15 is 0 Å². The highest BCUT2D eigenvalue weighted by Crippen LogP contribution is 2.37. The fraction of sp³-hybridized carbons (Fsp3) is 0.542. The van der Waals surface area contributed by atoms with E-state index in [2.05, 4.69) is 15.0 Å². The summed E-state index contributed by atoms with van der Waals surface area (Å²) in [5, 5.41) is 4.42. The lowest BCUT2D eigenvalue weighted by atomic mass is 10.1. The van der Waals surface area contributed by atoms with Crippen molar-refractivity contribution in [2.75, 3.05) is 19.7 Å². The zero-order valence-corrected chi connectivity index (χ0v) is 20.2. The van der Waals surface area contributed by atoms with Crippen LogP contribution >= 0.6 is 0 Å². The number of hydroxylamine groups is 2. The second-order valence-electron chi connectivity index (χ2n) is 9.10. The Morgan fingerprint density at radius 1 is 1.28 bits per heavy atom. The van der Waals surface area contributed by atoms with Crippen LogP contribution in [0.1, 0.15) is 61.8 Å². The third-order valence-corrected chi connectivity index (χ3v) is 5.84. The molecule has 1 aliphatic carbocycles. The number of halogens is 2. The van der Waals surface area contributed by atoms with E-state index in [4.69, 9.17) is 19.7 Å². The lowest BCUT2D eigenvalue weighted by molar-refractivity contribution is -0.193. The van der Waals surface area contributed by atoms with Crippen molar-refractivity contribution >= 4 is 11.9 Å². The Bertz CT molecular complexity index is 1090.